The first-order valence-corrected chi connectivity index (χ1v) is 9.16. The Morgan fingerprint density at radius 2 is 2.12 bits per heavy atom. The molecule has 132 valence electrons. The summed E-state index contributed by atoms with van der Waals surface area (Å²) in [5.41, 5.74) is 8.59. The second kappa shape index (κ2) is 7.56. The number of nitrogens with one attached hydrogen (secondary N) is 1. The van der Waals surface area contributed by atoms with Crippen LogP contribution < -0.4 is 11.1 Å². The lowest BCUT2D eigenvalue weighted by Gasteiger charge is -2.17. The van der Waals surface area contributed by atoms with Crippen LogP contribution in [-0.2, 0) is 4.79 Å². The largest absolute Gasteiger partial charge is 0.330 e. The minimum atomic E-state index is 0. The number of thiazole rings is 1. The number of fused-ring (bicyclic) bond motifs is 1. The number of carbonyl (C=O) groups is 1. The summed E-state index contributed by atoms with van der Waals surface area (Å²) in [4.78, 5) is 18.0. The highest BCUT2D eigenvalue weighted by atomic mass is 35.5. The highest BCUT2D eigenvalue weighted by Crippen LogP contribution is 2.32. The van der Waals surface area contributed by atoms with Gasteiger partial charge in [-0.15, -0.1) is 23.7 Å². The second-order valence-electron chi connectivity index (χ2n) is 6.32. The fraction of sp³-hybridized carbons (Fsp3) is 0.333. The van der Waals surface area contributed by atoms with Crippen LogP contribution in [-0.4, -0.2) is 21.8 Å². The van der Waals surface area contributed by atoms with E-state index in [0.29, 0.717) is 12.5 Å². The molecule has 3 N–H and O–H groups in total. The van der Waals surface area contributed by atoms with Crippen molar-refractivity contribution in [1.82, 2.24) is 9.38 Å². The fourth-order valence-electron chi connectivity index (χ4n) is 3.49. The maximum absolute atomic E-state index is 12.4. The molecule has 3 aromatic rings. The number of aromatic nitrogens is 2. The molecular formula is C18H21ClN4OS. The van der Waals surface area contributed by atoms with Gasteiger partial charge in [0.15, 0.2) is 4.96 Å². The Bertz CT molecular complexity index is 829. The summed E-state index contributed by atoms with van der Waals surface area (Å²) in [6.07, 6.45) is 7.11. The highest BCUT2D eigenvalue weighted by Gasteiger charge is 2.31. The molecule has 0 aliphatic heterocycles. The average molecular weight is 377 g/mol. The van der Waals surface area contributed by atoms with Gasteiger partial charge in [0, 0.05) is 34.9 Å². The van der Waals surface area contributed by atoms with Crippen molar-refractivity contribution >= 4 is 40.3 Å². The predicted molar refractivity (Wildman–Crippen MR) is 104 cm³/mol. The molecule has 0 saturated heterocycles. The minimum Gasteiger partial charge on any atom is -0.330 e. The zero-order valence-corrected chi connectivity index (χ0v) is 15.4. The third kappa shape index (κ3) is 3.56. The maximum Gasteiger partial charge on any atom is 0.227 e. The number of benzene rings is 1. The minimum absolute atomic E-state index is 0. The zero-order chi connectivity index (χ0) is 16.5. The zero-order valence-electron chi connectivity index (χ0n) is 13.7. The Kier molecular flexibility index (Phi) is 5.42. The summed E-state index contributed by atoms with van der Waals surface area (Å²) in [5.74, 6) is 0.468. The Morgan fingerprint density at radius 3 is 2.84 bits per heavy atom. The molecule has 1 amide bonds. The lowest BCUT2D eigenvalue weighted by molar-refractivity contribution is -0.120. The first-order valence-electron chi connectivity index (χ1n) is 8.28. The molecule has 0 bridgehead atoms. The number of nitrogens with zero attached hydrogens (tertiary/aromatic N) is 2. The molecule has 4 rings (SSSR count). The molecule has 1 fully saturated rings. The number of anilines is 1. The topological polar surface area (TPSA) is 72.4 Å². The monoisotopic (exact) mass is 376 g/mol. The Morgan fingerprint density at radius 1 is 1.32 bits per heavy atom. The van der Waals surface area contributed by atoms with Crippen LogP contribution in [0.25, 0.3) is 16.2 Å². The lowest BCUT2D eigenvalue weighted by atomic mass is 9.95. The van der Waals surface area contributed by atoms with E-state index in [1.807, 2.05) is 46.4 Å². The van der Waals surface area contributed by atoms with Gasteiger partial charge in [-0.25, -0.2) is 4.98 Å². The van der Waals surface area contributed by atoms with Gasteiger partial charge in [0.25, 0.3) is 0 Å². The molecule has 7 heteroatoms. The average Bonchev–Trinajstić information content (AvgIpc) is 3.30. The van der Waals surface area contributed by atoms with Crippen molar-refractivity contribution < 1.29 is 4.79 Å². The quantitative estimate of drug-likeness (QED) is 0.727. The fourth-order valence-corrected chi connectivity index (χ4v) is 4.19. The molecule has 1 aromatic carbocycles. The van der Waals surface area contributed by atoms with Crippen molar-refractivity contribution in [2.45, 2.75) is 19.3 Å². The molecule has 1 saturated carbocycles. The molecule has 5 nitrogen and oxygen atoms in total. The number of amides is 1. The van der Waals surface area contributed by atoms with Gasteiger partial charge in [0.05, 0.1) is 5.69 Å². The summed E-state index contributed by atoms with van der Waals surface area (Å²) in [5, 5.41) is 5.05. The van der Waals surface area contributed by atoms with Crippen LogP contribution in [0.1, 0.15) is 19.3 Å². The summed E-state index contributed by atoms with van der Waals surface area (Å²) in [6, 6.07) is 7.87. The highest BCUT2D eigenvalue weighted by molar-refractivity contribution is 7.15. The third-order valence-corrected chi connectivity index (χ3v) is 5.61. The normalized spacial score (nSPS) is 19.7. The van der Waals surface area contributed by atoms with E-state index < -0.39 is 0 Å². The van der Waals surface area contributed by atoms with E-state index in [4.69, 9.17) is 5.73 Å². The third-order valence-electron chi connectivity index (χ3n) is 4.84. The number of hydrogen-bond acceptors (Lipinski definition) is 4. The SMILES string of the molecule is Cl.NC[C@H]1CCC[C@H]1C(=O)Nc1ccc(-c2cn3ccsc3n2)cc1. The van der Waals surface area contributed by atoms with Gasteiger partial charge in [0.1, 0.15) is 0 Å². The van der Waals surface area contributed by atoms with Gasteiger partial charge in [0.2, 0.25) is 5.91 Å². The van der Waals surface area contributed by atoms with Crippen LogP contribution >= 0.6 is 23.7 Å². The van der Waals surface area contributed by atoms with E-state index in [-0.39, 0.29) is 24.2 Å². The first-order chi connectivity index (χ1) is 11.7. The Hall–Kier alpha value is -1.89. The number of halogens is 1. The van der Waals surface area contributed by atoms with Crippen molar-refractivity contribution in [3.8, 4) is 11.3 Å². The van der Waals surface area contributed by atoms with Crippen LogP contribution in [0.3, 0.4) is 0 Å². The van der Waals surface area contributed by atoms with E-state index >= 15 is 0 Å². The molecule has 1 aliphatic carbocycles. The summed E-state index contributed by atoms with van der Waals surface area (Å²) in [6.45, 7) is 0.592. The van der Waals surface area contributed by atoms with E-state index in [9.17, 15) is 4.79 Å². The van der Waals surface area contributed by atoms with Gasteiger partial charge in [-0.05, 0) is 37.4 Å². The number of carbonyl (C=O) groups excluding carboxylic acids is 1. The van der Waals surface area contributed by atoms with Crippen molar-refractivity contribution in [2.24, 2.45) is 17.6 Å². The van der Waals surface area contributed by atoms with Crippen molar-refractivity contribution in [2.75, 3.05) is 11.9 Å². The molecule has 0 spiro atoms. The Labute approximate surface area is 156 Å². The standard InChI is InChI=1S/C18H20N4OS.ClH/c19-10-13-2-1-3-15(13)17(23)20-14-6-4-12(5-7-14)16-11-22-8-9-24-18(22)21-16;/h4-9,11,13,15H,1-3,10,19H2,(H,20,23);1H/t13-,15-;/m1./s1. The smallest absolute Gasteiger partial charge is 0.227 e. The van der Waals surface area contributed by atoms with E-state index in [2.05, 4.69) is 10.3 Å². The van der Waals surface area contributed by atoms with E-state index in [1.54, 1.807) is 11.3 Å². The van der Waals surface area contributed by atoms with Gasteiger partial charge in [-0.1, -0.05) is 18.6 Å². The van der Waals surface area contributed by atoms with Crippen LogP contribution in [0.15, 0.2) is 42.0 Å². The van der Waals surface area contributed by atoms with Gasteiger partial charge >= 0.3 is 0 Å². The molecule has 2 aromatic heterocycles. The Balaban J connectivity index is 0.00000182. The predicted octanol–water partition coefficient (Wildman–Crippen LogP) is 3.80. The van der Waals surface area contributed by atoms with Crippen molar-refractivity contribution in [3.63, 3.8) is 0 Å². The molecule has 25 heavy (non-hydrogen) atoms. The number of hydrogen-bond donors (Lipinski definition) is 2. The van der Waals surface area contributed by atoms with Gasteiger partial charge in [-0.3, -0.25) is 9.20 Å². The van der Waals surface area contributed by atoms with Crippen LogP contribution in [0.4, 0.5) is 5.69 Å². The summed E-state index contributed by atoms with van der Waals surface area (Å²) in [7, 11) is 0. The van der Waals surface area contributed by atoms with Crippen LogP contribution in [0, 0.1) is 11.8 Å². The molecule has 1 aliphatic rings. The molecule has 0 unspecified atom stereocenters. The van der Waals surface area contributed by atoms with Crippen molar-refractivity contribution in [1.29, 1.82) is 0 Å². The second-order valence-corrected chi connectivity index (χ2v) is 7.19. The molecule has 2 atom stereocenters. The number of nitrogens with two attached hydrogens (primary N) is 1. The summed E-state index contributed by atoms with van der Waals surface area (Å²) >= 11 is 1.62. The van der Waals surface area contributed by atoms with Crippen LogP contribution in [0.2, 0.25) is 0 Å². The first kappa shape index (κ1) is 17.9. The number of imidazole rings is 1. The summed E-state index contributed by atoms with van der Waals surface area (Å²) < 4.78 is 2.02. The maximum atomic E-state index is 12.4. The van der Waals surface area contributed by atoms with Gasteiger partial charge < -0.3 is 11.1 Å². The van der Waals surface area contributed by atoms with Crippen LogP contribution in [0.5, 0.6) is 0 Å². The van der Waals surface area contributed by atoms with E-state index in [1.165, 1.54) is 0 Å². The van der Waals surface area contributed by atoms with Gasteiger partial charge in [-0.2, -0.15) is 0 Å². The van der Waals surface area contributed by atoms with Crippen molar-refractivity contribution in [3.05, 3.63) is 42.0 Å². The van der Waals surface area contributed by atoms with E-state index in [0.717, 1.165) is 41.2 Å². The molecule has 0 radical (unpaired) electrons. The molecule has 2 heterocycles. The number of rotatable bonds is 4. The molecular weight excluding hydrogens is 356 g/mol. The lowest BCUT2D eigenvalue weighted by Crippen LogP contribution is -2.29.